The van der Waals surface area contributed by atoms with E-state index in [9.17, 15) is 9.59 Å². The zero-order valence-electron chi connectivity index (χ0n) is 18.9. The first-order valence-corrected chi connectivity index (χ1v) is 11.4. The van der Waals surface area contributed by atoms with Crippen LogP contribution in [0.15, 0.2) is 24.3 Å². The number of ether oxygens (including phenoxy) is 3. The topological polar surface area (TPSA) is 73.9 Å². The van der Waals surface area contributed by atoms with E-state index in [-0.39, 0.29) is 17.9 Å². The van der Waals surface area contributed by atoms with Crippen LogP contribution in [-0.4, -0.2) is 32.2 Å². The molecule has 0 radical (unpaired) electrons. The van der Waals surface area contributed by atoms with Crippen molar-refractivity contribution >= 4 is 28.2 Å². The molecule has 0 saturated carbocycles. The third-order valence-electron chi connectivity index (χ3n) is 5.64. The maximum atomic E-state index is 12.6. The molecule has 0 aliphatic heterocycles. The molecule has 7 heteroatoms. The van der Waals surface area contributed by atoms with Crippen molar-refractivity contribution in [2.45, 2.75) is 47.0 Å². The zero-order chi connectivity index (χ0) is 22.6. The summed E-state index contributed by atoms with van der Waals surface area (Å²) < 4.78 is 16.2. The van der Waals surface area contributed by atoms with Crippen molar-refractivity contribution in [1.29, 1.82) is 0 Å². The van der Waals surface area contributed by atoms with Gasteiger partial charge in [0.05, 0.1) is 19.3 Å². The number of nitrogens with one attached hydrogen (secondary N) is 1. The monoisotopic (exact) mass is 445 g/mol. The smallest absolute Gasteiger partial charge is 0.341 e. The molecule has 31 heavy (non-hydrogen) atoms. The molecule has 1 atom stereocenters. The van der Waals surface area contributed by atoms with Gasteiger partial charge in [0.15, 0.2) is 18.1 Å². The summed E-state index contributed by atoms with van der Waals surface area (Å²) in [5.41, 5.74) is 1.69. The van der Waals surface area contributed by atoms with E-state index in [0.29, 0.717) is 34.6 Å². The lowest BCUT2D eigenvalue weighted by molar-refractivity contribution is -0.118. The number of fused-ring (bicyclic) bond motifs is 1. The Labute approximate surface area is 187 Å². The van der Waals surface area contributed by atoms with Crippen LogP contribution < -0.4 is 14.8 Å². The van der Waals surface area contributed by atoms with Gasteiger partial charge >= 0.3 is 5.97 Å². The maximum Gasteiger partial charge on any atom is 0.341 e. The number of hydrogen-bond acceptors (Lipinski definition) is 6. The van der Waals surface area contributed by atoms with E-state index in [4.69, 9.17) is 14.2 Å². The van der Waals surface area contributed by atoms with Crippen molar-refractivity contribution < 1.29 is 23.8 Å². The number of thiophene rings is 1. The molecule has 3 rings (SSSR count). The Hall–Kier alpha value is -2.54. The molecule has 0 spiro atoms. The number of carbonyl (C=O) groups excluding carboxylic acids is 2. The second-order valence-electron chi connectivity index (χ2n) is 8.72. The number of esters is 1. The number of methoxy groups -OCH3 is 1. The highest BCUT2D eigenvalue weighted by atomic mass is 32.1. The van der Waals surface area contributed by atoms with Crippen molar-refractivity contribution in [3.8, 4) is 11.5 Å². The van der Waals surface area contributed by atoms with Gasteiger partial charge in [-0.2, -0.15) is 0 Å². The van der Waals surface area contributed by atoms with Crippen LogP contribution >= 0.6 is 11.3 Å². The Morgan fingerprint density at radius 1 is 1.16 bits per heavy atom. The third-order valence-corrected chi connectivity index (χ3v) is 6.81. The summed E-state index contributed by atoms with van der Waals surface area (Å²) in [6.45, 7) is 8.96. The summed E-state index contributed by atoms with van der Waals surface area (Å²) in [4.78, 5) is 26.3. The Balaban J connectivity index is 1.76. The quantitative estimate of drug-likeness (QED) is 0.600. The standard InChI is InChI=1S/C24H31NO5S/c1-6-29-17-9-7-8-10-18(17)30-14-20(26)25-22-21(23(27)28-5)16-12-11-15(24(2,3)4)13-19(16)31-22/h7-10,15H,6,11-14H2,1-5H3,(H,25,26). The summed E-state index contributed by atoms with van der Waals surface area (Å²) in [6.07, 6.45) is 2.73. The first-order valence-electron chi connectivity index (χ1n) is 10.6. The van der Waals surface area contributed by atoms with Crippen LogP contribution in [0.1, 0.15) is 54.9 Å². The maximum absolute atomic E-state index is 12.6. The third kappa shape index (κ3) is 5.39. The normalized spacial score (nSPS) is 15.7. The molecule has 0 saturated heterocycles. The molecule has 1 N–H and O–H groups in total. The molecule has 1 unspecified atom stereocenters. The van der Waals surface area contributed by atoms with Gasteiger partial charge in [-0.05, 0) is 55.2 Å². The average molecular weight is 446 g/mol. The van der Waals surface area contributed by atoms with Gasteiger partial charge in [-0.15, -0.1) is 11.3 Å². The summed E-state index contributed by atoms with van der Waals surface area (Å²) in [6, 6.07) is 7.23. The first-order chi connectivity index (χ1) is 14.7. The van der Waals surface area contributed by atoms with E-state index in [1.54, 1.807) is 12.1 Å². The SMILES string of the molecule is CCOc1ccccc1OCC(=O)Nc1sc2c(c1C(=O)OC)CCC(C(C)(C)C)C2. The molecule has 1 amide bonds. The van der Waals surface area contributed by atoms with E-state index in [2.05, 4.69) is 26.1 Å². The molecule has 1 aromatic carbocycles. The molecule has 0 bridgehead atoms. The van der Waals surface area contributed by atoms with Crippen LogP contribution in [0.5, 0.6) is 11.5 Å². The number of hydrogen-bond donors (Lipinski definition) is 1. The van der Waals surface area contributed by atoms with Gasteiger partial charge in [-0.1, -0.05) is 32.9 Å². The van der Waals surface area contributed by atoms with Crippen molar-refractivity contribution in [1.82, 2.24) is 0 Å². The van der Waals surface area contributed by atoms with E-state index < -0.39 is 5.97 Å². The lowest BCUT2D eigenvalue weighted by Gasteiger charge is -2.33. The van der Waals surface area contributed by atoms with Gasteiger partial charge in [0.25, 0.3) is 5.91 Å². The largest absolute Gasteiger partial charge is 0.490 e. The summed E-state index contributed by atoms with van der Waals surface area (Å²) in [5, 5.41) is 3.41. The van der Waals surface area contributed by atoms with Crippen molar-refractivity contribution in [2.75, 3.05) is 25.6 Å². The molecule has 0 fully saturated rings. The number of amides is 1. The van der Waals surface area contributed by atoms with Crippen LogP contribution in [0, 0.1) is 11.3 Å². The molecule has 2 aromatic rings. The zero-order valence-corrected chi connectivity index (χ0v) is 19.7. The van der Waals surface area contributed by atoms with Crippen LogP contribution in [0.25, 0.3) is 0 Å². The van der Waals surface area contributed by atoms with Crippen LogP contribution in [0.3, 0.4) is 0 Å². The predicted molar refractivity (Wildman–Crippen MR) is 122 cm³/mol. The Kier molecular flexibility index (Phi) is 7.26. The highest BCUT2D eigenvalue weighted by Gasteiger charge is 2.34. The molecule has 1 aromatic heterocycles. The van der Waals surface area contributed by atoms with Crippen LogP contribution in [0.2, 0.25) is 0 Å². The van der Waals surface area contributed by atoms with E-state index in [1.807, 2.05) is 19.1 Å². The van der Waals surface area contributed by atoms with Gasteiger partial charge in [0, 0.05) is 4.88 Å². The van der Waals surface area contributed by atoms with Crippen molar-refractivity contribution in [3.63, 3.8) is 0 Å². The van der Waals surface area contributed by atoms with Crippen LogP contribution in [0.4, 0.5) is 5.00 Å². The number of carbonyl (C=O) groups is 2. The number of anilines is 1. The molecule has 1 aliphatic carbocycles. The second-order valence-corrected chi connectivity index (χ2v) is 9.83. The number of para-hydroxylation sites is 2. The fraction of sp³-hybridized carbons (Fsp3) is 0.500. The van der Waals surface area contributed by atoms with Crippen LogP contribution in [-0.2, 0) is 22.4 Å². The fourth-order valence-electron chi connectivity index (χ4n) is 3.88. The predicted octanol–water partition coefficient (Wildman–Crippen LogP) is 5.10. The average Bonchev–Trinajstić information content (AvgIpc) is 3.09. The van der Waals surface area contributed by atoms with E-state index in [0.717, 1.165) is 29.7 Å². The molecule has 1 aliphatic rings. The van der Waals surface area contributed by atoms with Crippen molar-refractivity contribution in [2.24, 2.45) is 11.3 Å². The van der Waals surface area contributed by atoms with Gasteiger partial charge < -0.3 is 19.5 Å². The lowest BCUT2D eigenvalue weighted by atomic mass is 9.72. The Bertz CT molecular complexity index is 944. The highest BCUT2D eigenvalue weighted by molar-refractivity contribution is 7.17. The van der Waals surface area contributed by atoms with Crippen molar-refractivity contribution in [3.05, 3.63) is 40.3 Å². The lowest BCUT2D eigenvalue weighted by Crippen LogP contribution is -2.26. The minimum absolute atomic E-state index is 0.183. The van der Waals surface area contributed by atoms with Gasteiger partial charge in [-0.3, -0.25) is 4.79 Å². The van der Waals surface area contributed by atoms with Gasteiger partial charge in [-0.25, -0.2) is 4.79 Å². The van der Waals surface area contributed by atoms with Gasteiger partial charge in [0.2, 0.25) is 0 Å². The highest BCUT2D eigenvalue weighted by Crippen LogP contribution is 2.44. The Morgan fingerprint density at radius 3 is 2.45 bits per heavy atom. The minimum Gasteiger partial charge on any atom is -0.490 e. The number of benzene rings is 1. The van der Waals surface area contributed by atoms with Gasteiger partial charge in [0.1, 0.15) is 5.00 Å². The molecule has 168 valence electrons. The molecule has 1 heterocycles. The second kappa shape index (κ2) is 9.73. The summed E-state index contributed by atoms with van der Waals surface area (Å²) in [5.74, 6) is 0.886. The molecule has 6 nitrogen and oxygen atoms in total. The summed E-state index contributed by atoms with van der Waals surface area (Å²) >= 11 is 1.47. The first kappa shape index (κ1) is 23.1. The fourth-order valence-corrected chi connectivity index (χ4v) is 5.21. The molecular formula is C24H31NO5S. The number of rotatable bonds is 7. The molecular weight excluding hydrogens is 414 g/mol. The Morgan fingerprint density at radius 2 is 1.84 bits per heavy atom. The van der Waals surface area contributed by atoms with E-state index >= 15 is 0 Å². The van der Waals surface area contributed by atoms with E-state index in [1.165, 1.54) is 18.4 Å². The summed E-state index contributed by atoms with van der Waals surface area (Å²) in [7, 11) is 1.37. The minimum atomic E-state index is -0.412.